The number of para-hydroxylation sites is 1. The summed E-state index contributed by atoms with van der Waals surface area (Å²) in [6, 6.07) is 12.0. The third-order valence-electron chi connectivity index (χ3n) is 3.64. The molecule has 0 atom stereocenters. The lowest BCUT2D eigenvalue weighted by atomic mass is 10.2. The highest BCUT2D eigenvalue weighted by Crippen LogP contribution is 2.21. The van der Waals surface area contributed by atoms with Gasteiger partial charge < -0.3 is 0 Å². The van der Waals surface area contributed by atoms with Gasteiger partial charge in [0.2, 0.25) is 5.95 Å². The fourth-order valence-corrected chi connectivity index (χ4v) is 2.97. The summed E-state index contributed by atoms with van der Waals surface area (Å²) in [5.41, 5.74) is 5.93. The molecule has 0 unspecified atom stereocenters. The van der Waals surface area contributed by atoms with Crippen molar-refractivity contribution < 1.29 is 4.79 Å². The van der Waals surface area contributed by atoms with E-state index in [1.165, 1.54) is 4.57 Å². The molecule has 3 aromatic rings. The van der Waals surface area contributed by atoms with Gasteiger partial charge in [0.15, 0.2) is 0 Å². The average Bonchev–Trinajstić information content (AvgIpc) is 2.62. The molecule has 0 spiro atoms. The van der Waals surface area contributed by atoms with E-state index in [-0.39, 0.29) is 11.5 Å². The molecule has 0 aliphatic heterocycles. The van der Waals surface area contributed by atoms with Crippen molar-refractivity contribution in [1.82, 2.24) is 15.0 Å². The maximum absolute atomic E-state index is 12.5. The zero-order valence-electron chi connectivity index (χ0n) is 13.2. The van der Waals surface area contributed by atoms with Crippen molar-refractivity contribution in [2.45, 2.75) is 13.5 Å². The number of hydrogen-bond donors (Lipinski definition) is 2. The van der Waals surface area contributed by atoms with Crippen LogP contribution in [0.15, 0.2) is 51.7 Å². The monoisotopic (exact) mass is 420 g/mol. The van der Waals surface area contributed by atoms with Gasteiger partial charge in [-0.2, -0.15) is 0 Å². The number of carbonyl (C=O) groups is 1. The Hall–Kier alpha value is -2.38. The van der Waals surface area contributed by atoms with E-state index in [2.05, 4.69) is 31.8 Å². The molecule has 0 fully saturated rings. The van der Waals surface area contributed by atoms with Gasteiger partial charge in [0, 0.05) is 11.0 Å². The minimum atomic E-state index is -0.434. The first-order valence-electron chi connectivity index (χ1n) is 7.52. The van der Waals surface area contributed by atoms with Gasteiger partial charge in [-0.15, -0.1) is 0 Å². The Morgan fingerprint density at radius 1 is 1.28 bits per heavy atom. The van der Waals surface area contributed by atoms with Gasteiger partial charge in [0.1, 0.15) is 0 Å². The molecule has 1 aromatic heterocycles. The minimum absolute atomic E-state index is 0.176. The molecule has 0 radical (unpaired) electrons. The van der Waals surface area contributed by atoms with Crippen molar-refractivity contribution in [3.63, 3.8) is 0 Å². The SMILES string of the molecule is CCn1c(NNC(=O)c2cc(Br)ccc2Cl)nc2ccccc2c1=O. The topological polar surface area (TPSA) is 76.0 Å². The molecule has 25 heavy (non-hydrogen) atoms. The van der Waals surface area contributed by atoms with Crippen molar-refractivity contribution >= 4 is 50.3 Å². The van der Waals surface area contributed by atoms with Gasteiger partial charge in [-0.05, 0) is 37.3 Å². The first-order valence-corrected chi connectivity index (χ1v) is 8.69. The lowest BCUT2D eigenvalue weighted by molar-refractivity contribution is 0.0962. The summed E-state index contributed by atoms with van der Waals surface area (Å²) in [6.07, 6.45) is 0. The number of halogens is 2. The van der Waals surface area contributed by atoms with E-state index < -0.39 is 5.91 Å². The summed E-state index contributed by atoms with van der Waals surface area (Å²) >= 11 is 9.36. The van der Waals surface area contributed by atoms with Crippen molar-refractivity contribution in [1.29, 1.82) is 0 Å². The molecule has 1 heterocycles. The summed E-state index contributed by atoms with van der Waals surface area (Å²) < 4.78 is 2.18. The highest BCUT2D eigenvalue weighted by atomic mass is 79.9. The van der Waals surface area contributed by atoms with E-state index >= 15 is 0 Å². The second-order valence-corrected chi connectivity index (χ2v) is 6.53. The zero-order valence-corrected chi connectivity index (χ0v) is 15.6. The van der Waals surface area contributed by atoms with Crippen LogP contribution in [0.2, 0.25) is 5.02 Å². The van der Waals surface area contributed by atoms with Gasteiger partial charge in [-0.3, -0.25) is 25.0 Å². The number of fused-ring (bicyclic) bond motifs is 1. The smallest absolute Gasteiger partial charge is 0.271 e. The minimum Gasteiger partial charge on any atom is -0.277 e. The second kappa shape index (κ2) is 7.25. The van der Waals surface area contributed by atoms with Crippen molar-refractivity contribution in [3.8, 4) is 0 Å². The van der Waals surface area contributed by atoms with Crippen LogP contribution in [0.5, 0.6) is 0 Å². The van der Waals surface area contributed by atoms with Gasteiger partial charge in [0.05, 0.1) is 21.5 Å². The molecular weight excluding hydrogens is 408 g/mol. The third kappa shape index (κ3) is 3.52. The quantitative estimate of drug-likeness (QED) is 0.631. The van der Waals surface area contributed by atoms with E-state index in [0.29, 0.717) is 28.0 Å². The molecule has 0 aliphatic carbocycles. The van der Waals surface area contributed by atoms with Crippen LogP contribution in [0.25, 0.3) is 10.9 Å². The molecule has 128 valence electrons. The fraction of sp³-hybridized carbons (Fsp3) is 0.118. The summed E-state index contributed by atoms with van der Waals surface area (Å²) in [7, 11) is 0. The second-order valence-electron chi connectivity index (χ2n) is 5.21. The molecule has 0 saturated carbocycles. The molecule has 2 N–H and O–H groups in total. The van der Waals surface area contributed by atoms with Gasteiger partial charge in [0.25, 0.3) is 11.5 Å². The standard InChI is InChI=1S/C17H14BrClN4O2/c1-2-23-16(25)11-5-3-4-6-14(11)20-17(23)22-21-15(24)12-9-10(18)7-8-13(12)19/h3-9H,2H2,1H3,(H,20,22)(H,21,24). The number of anilines is 1. The number of rotatable bonds is 4. The first kappa shape index (κ1) is 17.4. The van der Waals surface area contributed by atoms with Crippen LogP contribution >= 0.6 is 27.5 Å². The van der Waals surface area contributed by atoms with Gasteiger partial charge in [-0.1, -0.05) is 39.7 Å². The lowest BCUT2D eigenvalue weighted by Crippen LogP contribution is -2.34. The number of benzene rings is 2. The van der Waals surface area contributed by atoms with E-state index in [1.807, 2.05) is 6.92 Å². The zero-order chi connectivity index (χ0) is 18.0. The predicted molar refractivity (Wildman–Crippen MR) is 102 cm³/mol. The summed E-state index contributed by atoms with van der Waals surface area (Å²) in [4.78, 5) is 29.3. The van der Waals surface area contributed by atoms with Gasteiger partial charge in [-0.25, -0.2) is 4.98 Å². The number of hydrazine groups is 1. The summed E-state index contributed by atoms with van der Waals surface area (Å²) in [5.74, 6) is -0.179. The molecule has 1 amide bonds. The van der Waals surface area contributed by atoms with Crippen molar-refractivity contribution in [2.75, 3.05) is 5.43 Å². The van der Waals surface area contributed by atoms with Gasteiger partial charge >= 0.3 is 0 Å². The van der Waals surface area contributed by atoms with Crippen LogP contribution in [-0.4, -0.2) is 15.5 Å². The van der Waals surface area contributed by atoms with Crippen LogP contribution in [-0.2, 0) is 6.54 Å². The Labute approximate surface area is 156 Å². The maximum atomic E-state index is 12.5. The average molecular weight is 422 g/mol. The number of aromatic nitrogens is 2. The summed E-state index contributed by atoms with van der Waals surface area (Å²) in [6.45, 7) is 2.24. The molecule has 0 aliphatic rings. The molecule has 8 heteroatoms. The van der Waals surface area contributed by atoms with Crippen molar-refractivity contribution in [3.05, 3.63) is 67.9 Å². The molecule has 6 nitrogen and oxygen atoms in total. The molecular formula is C17H14BrClN4O2. The number of nitrogens with zero attached hydrogens (tertiary/aromatic N) is 2. The highest BCUT2D eigenvalue weighted by Gasteiger charge is 2.13. The van der Waals surface area contributed by atoms with Crippen LogP contribution in [0, 0.1) is 0 Å². The van der Waals surface area contributed by atoms with E-state index in [1.54, 1.807) is 42.5 Å². The predicted octanol–water partition coefficient (Wildman–Crippen LogP) is 3.59. The van der Waals surface area contributed by atoms with Crippen LogP contribution < -0.4 is 16.4 Å². The Bertz CT molecular complexity index is 1020. The number of amides is 1. The number of hydrogen-bond acceptors (Lipinski definition) is 4. The fourth-order valence-electron chi connectivity index (χ4n) is 2.41. The Balaban J connectivity index is 1.91. The Morgan fingerprint density at radius 2 is 2.04 bits per heavy atom. The summed E-state index contributed by atoms with van der Waals surface area (Å²) in [5, 5.41) is 0.845. The number of nitrogens with one attached hydrogen (secondary N) is 2. The molecule has 0 bridgehead atoms. The largest absolute Gasteiger partial charge is 0.277 e. The third-order valence-corrected chi connectivity index (χ3v) is 4.46. The normalized spacial score (nSPS) is 10.7. The van der Waals surface area contributed by atoms with Crippen LogP contribution in [0.1, 0.15) is 17.3 Å². The Morgan fingerprint density at radius 3 is 2.80 bits per heavy atom. The molecule has 3 rings (SSSR count). The van der Waals surface area contributed by atoms with E-state index in [4.69, 9.17) is 11.6 Å². The molecule has 2 aromatic carbocycles. The Kier molecular flexibility index (Phi) is 5.06. The lowest BCUT2D eigenvalue weighted by Gasteiger charge is -2.14. The van der Waals surface area contributed by atoms with Crippen molar-refractivity contribution in [2.24, 2.45) is 0 Å². The molecule has 0 saturated heterocycles. The van der Waals surface area contributed by atoms with E-state index in [0.717, 1.165) is 4.47 Å². The highest BCUT2D eigenvalue weighted by molar-refractivity contribution is 9.10. The van der Waals surface area contributed by atoms with Crippen LogP contribution in [0.3, 0.4) is 0 Å². The first-order chi connectivity index (χ1) is 12.0. The maximum Gasteiger partial charge on any atom is 0.271 e. The van der Waals surface area contributed by atoms with E-state index in [9.17, 15) is 9.59 Å². The number of carbonyl (C=O) groups excluding carboxylic acids is 1. The van der Waals surface area contributed by atoms with Crippen LogP contribution in [0.4, 0.5) is 5.95 Å².